The van der Waals surface area contributed by atoms with Gasteiger partial charge < -0.3 is 15.4 Å². The standard InChI is InChI=1S/C14H25N3O2/c1-14(2,17-7-5-15-6-8-17)13(18)16-11-9-10-3-4-12(11)19-10/h10-12,15H,3-9H2,1-2H3,(H,16,18). The molecular weight excluding hydrogens is 242 g/mol. The van der Waals surface area contributed by atoms with E-state index in [4.69, 9.17) is 4.74 Å². The van der Waals surface area contributed by atoms with Crippen LogP contribution in [-0.2, 0) is 9.53 Å². The summed E-state index contributed by atoms with van der Waals surface area (Å²) in [5.74, 6) is 0.149. The molecule has 108 valence electrons. The summed E-state index contributed by atoms with van der Waals surface area (Å²) in [4.78, 5) is 14.8. The number of nitrogens with zero attached hydrogens (tertiary/aromatic N) is 1. The smallest absolute Gasteiger partial charge is 0.240 e. The van der Waals surface area contributed by atoms with Crippen molar-refractivity contribution in [1.29, 1.82) is 0 Å². The van der Waals surface area contributed by atoms with Gasteiger partial charge in [0.1, 0.15) is 0 Å². The van der Waals surface area contributed by atoms with Crippen molar-refractivity contribution in [3.8, 4) is 0 Å². The van der Waals surface area contributed by atoms with Gasteiger partial charge >= 0.3 is 0 Å². The Kier molecular flexibility index (Phi) is 3.53. The Labute approximate surface area is 115 Å². The van der Waals surface area contributed by atoms with E-state index in [1.807, 2.05) is 13.8 Å². The molecule has 3 unspecified atom stereocenters. The summed E-state index contributed by atoms with van der Waals surface area (Å²) in [6.45, 7) is 7.87. The van der Waals surface area contributed by atoms with E-state index in [0.29, 0.717) is 6.10 Å². The summed E-state index contributed by atoms with van der Waals surface area (Å²) >= 11 is 0. The lowest BCUT2D eigenvalue weighted by atomic mass is 9.93. The molecule has 0 aromatic rings. The zero-order valence-electron chi connectivity index (χ0n) is 11.9. The number of fused-ring (bicyclic) bond motifs is 2. The van der Waals surface area contributed by atoms with Crippen LogP contribution in [0.15, 0.2) is 0 Å². The topological polar surface area (TPSA) is 53.6 Å². The molecule has 0 radical (unpaired) electrons. The van der Waals surface area contributed by atoms with Gasteiger partial charge in [-0.2, -0.15) is 0 Å². The van der Waals surface area contributed by atoms with E-state index in [2.05, 4.69) is 15.5 Å². The molecule has 3 heterocycles. The Morgan fingerprint density at radius 1 is 1.32 bits per heavy atom. The highest BCUT2D eigenvalue weighted by Gasteiger charge is 2.44. The fraction of sp³-hybridized carbons (Fsp3) is 0.929. The predicted octanol–water partition coefficient (Wildman–Crippen LogP) is 0.106. The molecule has 2 bridgehead atoms. The van der Waals surface area contributed by atoms with Crippen LogP contribution < -0.4 is 10.6 Å². The maximum absolute atomic E-state index is 12.6. The van der Waals surface area contributed by atoms with Gasteiger partial charge in [-0.15, -0.1) is 0 Å². The monoisotopic (exact) mass is 267 g/mol. The van der Waals surface area contributed by atoms with Gasteiger partial charge in [0.05, 0.1) is 23.8 Å². The largest absolute Gasteiger partial charge is 0.373 e. The van der Waals surface area contributed by atoms with E-state index < -0.39 is 5.54 Å². The van der Waals surface area contributed by atoms with Crippen LogP contribution >= 0.6 is 0 Å². The van der Waals surface area contributed by atoms with Gasteiger partial charge in [0, 0.05) is 26.2 Å². The van der Waals surface area contributed by atoms with Crippen LogP contribution in [0.4, 0.5) is 0 Å². The van der Waals surface area contributed by atoms with Crippen molar-refractivity contribution < 1.29 is 9.53 Å². The van der Waals surface area contributed by atoms with Crippen molar-refractivity contribution >= 4 is 5.91 Å². The first-order valence-electron chi connectivity index (χ1n) is 7.49. The second kappa shape index (κ2) is 5.04. The molecule has 3 fully saturated rings. The molecule has 1 amide bonds. The van der Waals surface area contributed by atoms with Crippen LogP contribution in [0.3, 0.4) is 0 Å². The maximum atomic E-state index is 12.6. The van der Waals surface area contributed by atoms with Crippen molar-refractivity contribution in [2.45, 2.75) is 56.9 Å². The van der Waals surface area contributed by atoms with Crippen molar-refractivity contribution in [3.05, 3.63) is 0 Å². The molecule has 5 nitrogen and oxygen atoms in total. The van der Waals surface area contributed by atoms with E-state index >= 15 is 0 Å². The summed E-state index contributed by atoms with van der Waals surface area (Å²) in [5.41, 5.74) is -0.427. The third-order valence-electron chi connectivity index (χ3n) is 4.89. The Balaban J connectivity index is 1.59. The highest BCUT2D eigenvalue weighted by Crippen LogP contribution is 2.34. The molecule has 3 atom stereocenters. The minimum Gasteiger partial charge on any atom is -0.373 e. The van der Waals surface area contributed by atoms with Crippen molar-refractivity contribution in [2.24, 2.45) is 0 Å². The summed E-state index contributed by atoms with van der Waals surface area (Å²) in [6, 6.07) is 0.230. The molecule has 0 aliphatic carbocycles. The molecule has 0 spiro atoms. The number of hydrogen-bond acceptors (Lipinski definition) is 4. The molecule has 3 aliphatic heterocycles. The molecule has 5 heteroatoms. The Morgan fingerprint density at radius 3 is 2.63 bits per heavy atom. The Hall–Kier alpha value is -0.650. The zero-order chi connectivity index (χ0) is 13.5. The lowest BCUT2D eigenvalue weighted by Gasteiger charge is -2.40. The number of carbonyl (C=O) groups is 1. The fourth-order valence-electron chi connectivity index (χ4n) is 3.50. The first kappa shape index (κ1) is 13.3. The molecule has 0 aromatic heterocycles. The lowest BCUT2D eigenvalue weighted by Crippen LogP contribution is -2.61. The number of ether oxygens (including phenoxy) is 1. The third kappa shape index (κ3) is 2.51. The minimum atomic E-state index is -0.427. The highest BCUT2D eigenvalue weighted by atomic mass is 16.5. The average Bonchev–Trinajstić information content (AvgIpc) is 3.02. The second-order valence-electron chi connectivity index (χ2n) is 6.49. The number of amides is 1. The quantitative estimate of drug-likeness (QED) is 0.762. The van der Waals surface area contributed by atoms with Gasteiger partial charge in [-0.25, -0.2) is 0 Å². The lowest BCUT2D eigenvalue weighted by molar-refractivity contribution is -0.133. The average molecular weight is 267 g/mol. The van der Waals surface area contributed by atoms with Crippen LogP contribution in [0.25, 0.3) is 0 Å². The first-order chi connectivity index (χ1) is 9.07. The highest BCUT2D eigenvalue weighted by molar-refractivity contribution is 5.85. The van der Waals surface area contributed by atoms with Crippen LogP contribution in [0.1, 0.15) is 33.1 Å². The number of rotatable bonds is 3. The van der Waals surface area contributed by atoms with Crippen LogP contribution in [0.2, 0.25) is 0 Å². The summed E-state index contributed by atoms with van der Waals surface area (Å²) in [7, 11) is 0. The van der Waals surface area contributed by atoms with Gasteiger partial charge in [0.15, 0.2) is 0 Å². The van der Waals surface area contributed by atoms with E-state index in [0.717, 1.165) is 45.4 Å². The molecule has 3 saturated heterocycles. The first-order valence-corrected chi connectivity index (χ1v) is 7.49. The molecule has 2 N–H and O–H groups in total. The number of carbonyl (C=O) groups excluding carboxylic acids is 1. The van der Waals surface area contributed by atoms with Gasteiger partial charge in [0.2, 0.25) is 5.91 Å². The number of nitrogens with one attached hydrogen (secondary N) is 2. The molecular formula is C14H25N3O2. The van der Waals surface area contributed by atoms with E-state index in [-0.39, 0.29) is 18.1 Å². The zero-order valence-corrected chi connectivity index (χ0v) is 11.9. The van der Waals surface area contributed by atoms with E-state index in [9.17, 15) is 4.79 Å². The third-order valence-corrected chi connectivity index (χ3v) is 4.89. The van der Waals surface area contributed by atoms with Crippen molar-refractivity contribution in [3.63, 3.8) is 0 Å². The maximum Gasteiger partial charge on any atom is 0.240 e. The second-order valence-corrected chi connectivity index (χ2v) is 6.49. The van der Waals surface area contributed by atoms with Crippen molar-refractivity contribution in [2.75, 3.05) is 26.2 Å². The predicted molar refractivity (Wildman–Crippen MR) is 73.0 cm³/mol. The summed E-state index contributed by atoms with van der Waals surface area (Å²) in [6.07, 6.45) is 3.90. The van der Waals surface area contributed by atoms with Gasteiger partial charge in [-0.3, -0.25) is 9.69 Å². The van der Waals surface area contributed by atoms with E-state index in [1.54, 1.807) is 0 Å². The molecule has 19 heavy (non-hydrogen) atoms. The molecule has 3 aliphatic rings. The minimum absolute atomic E-state index is 0.149. The Morgan fingerprint density at radius 2 is 2.05 bits per heavy atom. The van der Waals surface area contributed by atoms with Crippen LogP contribution in [0.5, 0.6) is 0 Å². The van der Waals surface area contributed by atoms with Crippen LogP contribution in [0, 0.1) is 0 Å². The molecule has 3 rings (SSSR count). The van der Waals surface area contributed by atoms with Gasteiger partial charge in [0.25, 0.3) is 0 Å². The van der Waals surface area contributed by atoms with Crippen molar-refractivity contribution in [1.82, 2.24) is 15.5 Å². The van der Waals surface area contributed by atoms with Gasteiger partial charge in [-0.05, 0) is 33.1 Å². The van der Waals surface area contributed by atoms with Gasteiger partial charge in [-0.1, -0.05) is 0 Å². The summed E-state index contributed by atoms with van der Waals surface area (Å²) < 4.78 is 5.81. The number of piperazine rings is 1. The normalized spacial score (nSPS) is 35.6. The molecule has 0 saturated carbocycles. The fourth-order valence-corrected chi connectivity index (χ4v) is 3.50. The van der Waals surface area contributed by atoms with E-state index in [1.165, 1.54) is 0 Å². The SMILES string of the molecule is CC(C)(C(=O)NC1CC2CCC1O2)N1CCNCC1. The summed E-state index contributed by atoms with van der Waals surface area (Å²) in [5, 5.41) is 6.55. The Bertz CT molecular complexity index is 353. The molecule has 0 aromatic carbocycles. The number of hydrogen-bond donors (Lipinski definition) is 2. The van der Waals surface area contributed by atoms with Crippen LogP contribution in [-0.4, -0.2) is 60.8 Å².